The predicted octanol–water partition coefficient (Wildman–Crippen LogP) is 3.82. The highest BCUT2D eigenvalue weighted by atomic mass is 32.2. The van der Waals surface area contributed by atoms with E-state index in [-0.39, 0.29) is 50.1 Å². The number of likely N-dealkylation sites (N-methyl/N-ethyl adjacent to an activating group) is 1. The monoisotopic (exact) mass is 472 g/mol. The van der Waals surface area contributed by atoms with Crippen molar-refractivity contribution in [2.45, 2.75) is 35.1 Å². The molecule has 0 N–H and O–H groups in total. The number of carbonyl (C=O) groups is 2. The number of ketones is 1. The van der Waals surface area contributed by atoms with E-state index in [9.17, 15) is 18.0 Å². The molecular formula is C27H24N2O4S. The first-order chi connectivity index (χ1) is 16.3. The summed E-state index contributed by atoms with van der Waals surface area (Å²) in [4.78, 5) is 30.9. The van der Waals surface area contributed by atoms with Crippen molar-refractivity contribution in [1.29, 1.82) is 0 Å². The maximum Gasteiger partial charge on any atom is 0.258 e. The molecule has 6 rings (SSSR count). The smallest absolute Gasteiger partial charge is 0.258 e. The van der Waals surface area contributed by atoms with Gasteiger partial charge in [-0.05, 0) is 68.9 Å². The van der Waals surface area contributed by atoms with Crippen molar-refractivity contribution in [3.8, 4) is 0 Å². The van der Waals surface area contributed by atoms with Crippen LogP contribution in [0, 0.1) is 6.92 Å². The van der Waals surface area contributed by atoms with Gasteiger partial charge >= 0.3 is 0 Å². The van der Waals surface area contributed by atoms with E-state index in [1.165, 1.54) is 29.8 Å². The summed E-state index contributed by atoms with van der Waals surface area (Å²) in [5.74, 6) is -0.351. The molecule has 7 heteroatoms. The lowest BCUT2D eigenvalue weighted by atomic mass is 9.88. The fourth-order valence-electron chi connectivity index (χ4n) is 5.70. The van der Waals surface area contributed by atoms with E-state index in [1.807, 2.05) is 17.0 Å². The number of hydrogen-bond acceptors (Lipinski definition) is 5. The molecule has 3 aliphatic rings. The zero-order chi connectivity index (χ0) is 23.8. The largest absolute Gasteiger partial charge is 0.306 e. The van der Waals surface area contributed by atoms with Crippen molar-refractivity contribution in [2.24, 2.45) is 0 Å². The van der Waals surface area contributed by atoms with E-state index in [4.69, 9.17) is 0 Å². The number of piperidine rings is 1. The van der Waals surface area contributed by atoms with Crippen LogP contribution in [0.15, 0.2) is 70.5 Å². The number of fused-ring (bicyclic) bond motifs is 5. The van der Waals surface area contributed by atoms with Gasteiger partial charge in [-0.3, -0.25) is 9.59 Å². The van der Waals surface area contributed by atoms with Gasteiger partial charge in [0.1, 0.15) is 0 Å². The molecule has 2 atom stereocenters. The highest BCUT2D eigenvalue weighted by Gasteiger charge is 2.44. The van der Waals surface area contributed by atoms with Crippen molar-refractivity contribution in [3.05, 3.63) is 88.5 Å². The second kappa shape index (κ2) is 7.35. The number of likely N-dealkylation sites (tertiary alicyclic amines) is 1. The summed E-state index contributed by atoms with van der Waals surface area (Å²) >= 11 is 0. The van der Waals surface area contributed by atoms with Gasteiger partial charge in [0.05, 0.1) is 9.79 Å². The van der Waals surface area contributed by atoms with Gasteiger partial charge in [-0.1, -0.05) is 29.8 Å². The quantitative estimate of drug-likeness (QED) is 0.421. The number of rotatable bonds is 1. The first-order valence-corrected chi connectivity index (χ1v) is 12.9. The van der Waals surface area contributed by atoms with Crippen LogP contribution in [0.25, 0.3) is 0 Å². The average Bonchev–Trinajstić information content (AvgIpc) is 3.14. The summed E-state index contributed by atoms with van der Waals surface area (Å²) in [5, 5.41) is 0. The van der Waals surface area contributed by atoms with E-state index < -0.39 is 9.84 Å². The van der Waals surface area contributed by atoms with E-state index in [2.05, 4.69) is 24.9 Å². The van der Waals surface area contributed by atoms with Gasteiger partial charge in [0, 0.05) is 40.9 Å². The predicted molar refractivity (Wildman–Crippen MR) is 128 cm³/mol. The fourth-order valence-corrected chi connectivity index (χ4v) is 7.38. The van der Waals surface area contributed by atoms with Crippen LogP contribution >= 0.6 is 0 Å². The van der Waals surface area contributed by atoms with Crippen molar-refractivity contribution >= 4 is 27.2 Å². The van der Waals surface area contributed by atoms with Gasteiger partial charge in [-0.15, -0.1) is 0 Å². The molecule has 0 saturated carbocycles. The van der Waals surface area contributed by atoms with Crippen molar-refractivity contribution in [2.75, 3.05) is 25.0 Å². The van der Waals surface area contributed by atoms with E-state index >= 15 is 0 Å². The highest BCUT2D eigenvalue weighted by molar-refractivity contribution is 7.91. The lowest BCUT2D eigenvalue weighted by Crippen LogP contribution is -2.47. The number of anilines is 1. The summed E-state index contributed by atoms with van der Waals surface area (Å²) in [7, 11) is -1.81. The zero-order valence-electron chi connectivity index (χ0n) is 19.0. The highest BCUT2D eigenvalue weighted by Crippen LogP contribution is 2.46. The van der Waals surface area contributed by atoms with Crippen LogP contribution in [0.2, 0.25) is 0 Å². The maximum absolute atomic E-state index is 13.9. The van der Waals surface area contributed by atoms with Crippen LogP contribution in [0.4, 0.5) is 5.69 Å². The number of amides is 1. The van der Waals surface area contributed by atoms with Crippen molar-refractivity contribution in [3.63, 3.8) is 0 Å². The number of hydrogen-bond donors (Lipinski definition) is 0. The second-order valence-electron chi connectivity index (χ2n) is 9.50. The third kappa shape index (κ3) is 2.93. The molecule has 2 unspecified atom stereocenters. The van der Waals surface area contributed by atoms with Crippen LogP contribution in [-0.2, 0) is 9.84 Å². The van der Waals surface area contributed by atoms with Crippen molar-refractivity contribution in [1.82, 2.24) is 4.90 Å². The normalized spacial score (nSPS) is 22.5. The Balaban J connectivity index is 1.46. The van der Waals surface area contributed by atoms with Crippen LogP contribution in [0.1, 0.15) is 49.7 Å². The van der Waals surface area contributed by atoms with Gasteiger partial charge in [-0.25, -0.2) is 8.42 Å². The molecule has 34 heavy (non-hydrogen) atoms. The zero-order valence-corrected chi connectivity index (χ0v) is 19.8. The molecule has 3 aromatic carbocycles. The second-order valence-corrected chi connectivity index (χ2v) is 11.4. The third-order valence-electron chi connectivity index (χ3n) is 7.36. The van der Waals surface area contributed by atoms with Gasteiger partial charge < -0.3 is 9.80 Å². The Kier molecular flexibility index (Phi) is 4.60. The lowest BCUT2D eigenvalue weighted by Gasteiger charge is -2.36. The topological polar surface area (TPSA) is 74.8 Å². The number of carbonyl (C=O) groups excluding carboxylic acids is 2. The van der Waals surface area contributed by atoms with Gasteiger partial charge in [0.15, 0.2) is 5.78 Å². The molecule has 1 amide bonds. The Bertz CT molecular complexity index is 1490. The van der Waals surface area contributed by atoms with Gasteiger partial charge in [0.2, 0.25) is 9.84 Å². The van der Waals surface area contributed by atoms with E-state index in [1.54, 1.807) is 18.2 Å². The van der Waals surface area contributed by atoms with E-state index in [0.717, 1.165) is 30.8 Å². The molecule has 3 aromatic rings. The molecule has 172 valence electrons. The minimum atomic E-state index is -3.91. The summed E-state index contributed by atoms with van der Waals surface area (Å²) in [6, 6.07) is 16.9. The first-order valence-electron chi connectivity index (χ1n) is 11.4. The molecular weight excluding hydrogens is 448 g/mol. The molecule has 0 aromatic heterocycles. The summed E-state index contributed by atoms with van der Waals surface area (Å²) < 4.78 is 26.7. The maximum atomic E-state index is 13.9. The summed E-state index contributed by atoms with van der Waals surface area (Å²) in [6.45, 7) is 3.81. The molecule has 6 nitrogen and oxygen atoms in total. The molecule has 0 spiro atoms. The SMILES string of the molecule is Cc1ccc2c(c1)C1CN(C)CCC1N2C(=O)c1ccc2c(c1)S(=O)(=O)c1ccccc1C2=O. The Labute approximate surface area is 198 Å². The first kappa shape index (κ1) is 21.3. The molecule has 1 fully saturated rings. The Hall–Kier alpha value is -3.29. The van der Waals surface area contributed by atoms with Crippen molar-refractivity contribution < 1.29 is 18.0 Å². The fraction of sp³-hybridized carbons (Fsp3) is 0.259. The molecule has 3 heterocycles. The lowest BCUT2D eigenvalue weighted by molar-refractivity contribution is 0.0962. The standard InChI is InChI=1S/C27H24N2O4S/c1-16-7-10-22-20(13-16)21-15-28(2)12-11-23(21)29(22)27(31)17-8-9-19-25(14-17)34(32,33)24-6-4-3-5-18(24)26(19)30/h3-10,13-14,21,23H,11-12,15H2,1-2H3. The van der Waals surface area contributed by atoms with Crippen LogP contribution < -0.4 is 4.90 Å². The number of nitrogens with zero attached hydrogens (tertiary/aromatic N) is 2. The van der Waals surface area contributed by atoms with Crippen LogP contribution in [-0.4, -0.2) is 51.2 Å². The summed E-state index contributed by atoms with van der Waals surface area (Å²) in [5.41, 5.74) is 3.78. The molecule has 0 radical (unpaired) electrons. The van der Waals surface area contributed by atoms with Crippen LogP contribution in [0.5, 0.6) is 0 Å². The number of benzene rings is 3. The third-order valence-corrected chi connectivity index (χ3v) is 9.21. The Morgan fingerprint density at radius 1 is 0.971 bits per heavy atom. The number of sulfone groups is 1. The Morgan fingerprint density at radius 3 is 2.56 bits per heavy atom. The van der Waals surface area contributed by atoms with E-state index in [0.29, 0.717) is 0 Å². The van der Waals surface area contributed by atoms with Gasteiger partial charge in [0.25, 0.3) is 5.91 Å². The molecule has 0 aliphatic carbocycles. The molecule has 0 bridgehead atoms. The van der Waals surface area contributed by atoms with Gasteiger partial charge in [-0.2, -0.15) is 0 Å². The minimum absolute atomic E-state index is 0.00512. The minimum Gasteiger partial charge on any atom is -0.306 e. The Morgan fingerprint density at radius 2 is 1.74 bits per heavy atom. The number of aryl methyl sites for hydroxylation is 1. The summed E-state index contributed by atoms with van der Waals surface area (Å²) in [6.07, 6.45) is 0.843. The average molecular weight is 473 g/mol. The molecule has 1 saturated heterocycles. The van der Waals surface area contributed by atoms with Crippen LogP contribution in [0.3, 0.4) is 0 Å². The molecule has 3 aliphatic heterocycles.